The van der Waals surface area contributed by atoms with E-state index in [1.165, 1.54) is 0 Å². The number of fused-ring (bicyclic) bond motifs is 1. The molecule has 1 aromatic carbocycles. The molecule has 0 aliphatic carbocycles. The summed E-state index contributed by atoms with van der Waals surface area (Å²) >= 11 is 4.33. The summed E-state index contributed by atoms with van der Waals surface area (Å²) < 4.78 is 10.4. The van der Waals surface area contributed by atoms with E-state index in [4.69, 9.17) is 9.47 Å². The Kier molecular flexibility index (Phi) is 1.89. The van der Waals surface area contributed by atoms with Crippen molar-refractivity contribution >= 4 is 12.6 Å². The van der Waals surface area contributed by atoms with Gasteiger partial charge in [0.15, 0.2) is 11.5 Å². The van der Waals surface area contributed by atoms with Crippen molar-refractivity contribution in [2.24, 2.45) is 0 Å². The molecule has 1 atom stereocenters. The molecule has 0 spiro atoms. The van der Waals surface area contributed by atoms with Gasteiger partial charge in [0, 0.05) is 5.25 Å². The van der Waals surface area contributed by atoms with E-state index in [9.17, 15) is 0 Å². The van der Waals surface area contributed by atoms with Gasteiger partial charge in [-0.3, -0.25) is 0 Å². The molecule has 64 valence electrons. The minimum atomic E-state index is 0.236. The summed E-state index contributed by atoms with van der Waals surface area (Å²) in [6.45, 7) is 2.36. The van der Waals surface area contributed by atoms with Crippen LogP contribution >= 0.6 is 12.6 Å². The number of hydrogen-bond donors (Lipinski definition) is 1. The van der Waals surface area contributed by atoms with E-state index in [0.717, 1.165) is 17.1 Å². The Morgan fingerprint density at radius 2 is 2.08 bits per heavy atom. The first-order chi connectivity index (χ1) is 5.77. The molecule has 1 heterocycles. The van der Waals surface area contributed by atoms with Crippen LogP contribution in [-0.2, 0) is 0 Å². The highest BCUT2D eigenvalue weighted by Gasteiger charge is 2.13. The number of thiol groups is 1. The van der Waals surface area contributed by atoms with Crippen molar-refractivity contribution in [1.29, 1.82) is 0 Å². The largest absolute Gasteiger partial charge is 0.454 e. The standard InChI is InChI=1S/C9H10O2S/c1-6(12)7-2-3-8-9(4-7)11-5-10-8/h2-4,6,12H,5H2,1H3. The number of ether oxygens (including phenoxy) is 2. The van der Waals surface area contributed by atoms with Crippen molar-refractivity contribution in [3.63, 3.8) is 0 Å². The maximum absolute atomic E-state index is 5.23. The minimum Gasteiger partial charge on any atom is -0.454 e. The van der Waals surface area contributed by atoms with Crippen LogP contribution in [0, 0.1) is 0 Å². The second kappa shape index (κ2) is 2.90. The second-order valence-corrected chi connectivity index (χ2v) is 3.56. The third-order valence-electron chi connectivity index (χ3n) is 1.88. The number of benzene rings is 1. The summed E-state index contributed by atoms with van der Waals surface area (Å²) in [5.41, 5.74) is 1.16. The van der Waals surface area contributed by atoms with Gasteiger partial charge < -0.3 is 9.47 Å². The van der Waals surface area contributed by atoms with Crippen LogP contribution in [0.5, 0.6) is 11.5 Å². The molecule has 2 rings (SSSR count). The van der Waals surface area contributed by atoms with Gasteiger partial charge >= 0.3 is 0 Å². The Morgan fingerprint density at radius 3 is 2.83 bits per heavy atom. The highest BCUT2D eigenvalue weighted by atomic mass is 32.1. The van der Waals surface area contributed by atoms with E-state index >= 15 is 0 Å². The quantitative estimate of drug-likeness (QED) is 0.672. The van der Waals surface area contributed by atoms with Crippen molar-refractivity contribution in [3.05, 3.63) is 23.8 Å². The van der Waals surface area contributed by atoms with Crippen LogP contribution in [0.25, 0.3) is 0 Å². The van der Waals surface area contributed by atoms with Gasteiger partial charge in [-0.25, -0.2) is 0 Å². The summed E-state index contributed by atoms with van der Waals surface area (Å²) in [7, 11) is 0. The molecule has 1 unspecified atom stereocenters. The lowest BCUT2D eigenvalue weighted by atomic mass is 10.1. The lowest BCUT2D eigenvalue weighted by molar-refractivity contribution is 0.174. The molecule has 1 aromatic rings. The second-order valence-electron chi connectivity index (χ2n) is 2.79. The molecule has 1 aliphatic rings. The predicted molar refractivity (Wildman–Crippen MR) is 50.0 cm³/mol. The van der Waals surface area contributed by atoms with Crippen LogP contribution in [0.15, 0.2) is 18.2 Å². The summed E-state index contributed by atoms with van der Waals surface area (Å²) in [5, 5.41) is 0.236. The lowest BCUT2D eigenvalue weighted by Crippen LogP contribution is -1.92. The zero-order chi connectivity index (χ0) is 8.55. The average molecular weight is 182 g/mol. The molecular formula is C9H10O2S. The molecule has 0 radical (unpaired) electrons. The minimum absolute atomic E-state index is 0.236. The molecule has 12 heavy (non-hydrogen) atoms. The number of rotatable bonds is 1. The van der Waals surface area contributed by atoms with Crippen LogP contribution in [0.1, 0.15) is 17.7 Å². The molecule has 0 amide bonds. The first-order valence-electron chi connectivity index (χ1n) is 3.85. The SMILES string of the molecule is CC(S)c1ccc2c(c1)OCO2. The molecular weight excluding hydrogens is 172 g/mol. The summed E-state index contributed by atoms with van der Waals surface area (Å²) in [4.78, 5) is 0. The first-order valence-corrected chi connectivity index (χ1v) is 4.36. The Bertz CT molecular complexity index is 297. The van der Waals surface area contributed by atoms with Gasteiger partial charge in [0.05, 0.1) is 0 Å². The van der Waals surface area contributed by atoms with Crippen LogP contribution in [0.3, 0.4) is 0 Å². The van der Waals surface area contributed by atoms with E-state index in [0.29, 0.717) is 6.79 Å². The third-order valence-corrected chi connectivity index (χ3v) is 2.18. The Balaban J connectivity index is 2.39. The molecule has 0 fully saturated rings. The fraction of sp³-hybridized carbons (Fsp3) is 0.333. The average Bonchev–Trinajstić information content (AvgIpc) is 2.49. The molecule has 0 N–H and O–H groups in total. The van der Waals surface area contributed by atoms with Crippen molar-refractivity contribution in [2.75, 3.05) is 6.79 Å². The van der Waals surface area contributed by atoms with Crippen LogP contribution in [-0.4, -0.2) is 6.79 Å². The van der Waals surface area contributed by atoms with Crippen molar-refractivity contribution in [2.45, 2.75) is 12.2 Å². The topological polar surface area (TPSA) is 18.5 Å². The van der Waals surface area contributed by atoms with E-state index in [2.05, 4.69) is 12.6 Å². The van der Waals surface area contributed by atoms with Gasteiger partial charge in [-0.05, 0) is 24.6 Å². The van der Waals surface area contributed by atoms with Gasteiger partial charge in [-0.2, -0.15) is 12.6 Å². The van der Waals surface area contributed by atoms with Gasteiger partial charge in [0.1, 0.15) is 0 Å². The van der Waals surface area contributed by atoms with Crippen LogP contribution in [0.2, 0.25) is 0 Å². The molecule has 0 aromatic heterocycles. The zero-order valence-corrected chi connectivity index (χ0v) is 7.67. The van der Waals surface area contributed by atoms with Crippen LogP contribution in [0.4, 0.5) is 0 Å². The molecule has 3 heteroatoms. The molecule has 0 bridgehead atoms. The smallest absolute Gasteiger partial charge is 0.231 e. The van der Waals surface area contributed by atoms with Crippen LogP contribution < -0.4 is 9.47 Å². The third kappa shape index (κ3) is 1.25. The van der Waals surface area contributed by atoms with Gasteiger partial charge in [0.25, 0.3) is 0 Å². The van der Waals surface area contributed by atoms with Crippen molar-refractivity contribution < 1.29 is 9.47 Å². The summed E-state index contributed by atoms with van der Waals surface area (Å²) in [6.07, 6.45) is 0. The van der Waals surface area contributed by atoms with E-state index in [-0.39, 0.29) is 5.25 Å². The predicted octanol–water partition coefficient (Wildman–Crippen LogP) is 2.41. The Morgan fingerprint density at radius 1 is 1.33 bits per heavy atom. The zero-order valence-electron chi connectivity index (χ0n) is 6.78. The van der Waals surface area contributed by atoms with E-state index in [1.54, 1.807) is 0 Å². The summed E-state index contributed by atoms with van der Waals surface area (Å²) in [6, 6.07) is 5.90. The molecule has 0 saturated heterocycles. The van der Waals surface area contributed by atoms with Crippen molar-refractivity contribution in [1.82, 2.24) is 0 Å². The normalized spacial score (nSPS) is 16.2. The maximum Gasteiger partial charge on any atom is 0.231 e. The fourth-order valence-corrected chi connectivity index (χ4v) is 1.33. The molecule has 1 aliphatic heterocycles. The lowest BCUT2D eigenvalue weighted by Gasteiger charge is -2.04. The van der Waals surface area contributed by atoms with Gasteiger partial charge in [-0.1, -0.05) is 6.07 Å². The van der Waals surface area contributed by atoms with E-state index < -0.39 is 0 Å². The monoisotopic (exact) mass is 182 g/mol. The van der Waals surface area contributed by atoms with Gasteiger partial charge in [0.2, 0.25) is 6.79 Å². The highest BCUT2D eigenvalue weighted by molar-refractivity contribution is 7.80. The summed E-state index contributed by atoms with van der Waals surface area (Å²) in [5.74, 6) is 1.65. The highest BCUT2D eigenvalue weighted by Crippen LogP contribution is 2.35. The van der Waals surface area contributed by atoms with Crippen molar-refractivity contribution in [3.8, 4) is 11.5 Å². The Labute approximate surface area is 76.9 Å². The first kappa shape index (κ1) is 7.80. The maximum atomic E-state index is 5.23. The Hall–Kier alpha value is -0.830. The molecule has 2 nitrogen and oxygen atoms in total. The fourth-order valence-electron chi connectivity index (χ4n) is 1.17. The number of hydrogen-bond acceptors (Lipinski definition) is 3. The molecule has 0 saturated carbocycles. The van der Waals surface area contributed by atoms with E-state index in [1.807, 2.05) is 25.1 Å². The van der Waals surface area contributed by atoms with Gasteiger partial charge in [-0.15, -0.1) is 0 Å².